The van der Waals surface area contributed by atoms with Gasteiger partial charge in [-0.15, -0.1) is 0 Å². The highest BCUT2D eigenvalue weighted by Crippen LogP contribution is 2.22. The molecule has 19 heavy (non-hydrogen) atoms. The molecule has 0 fully saturated rings. The monoisotopic (exact) mass is 277 g/mol. The van der Waals surface area contributed by atoms with Crippen LogP contribution in [0.1, 0.15) is 21.6 Å². The number of aromatic nitrogens is 2. The molecule has 100 valence electrons. The van der Waals surface area contributed by atoms with Crippen LogP contribution in [-0.4, -0.2) is 20.6 Å². The predicted octanol–water partition coefficient (Wildman–Crippen LogP) is 1.30. The average molecular weight is 277 g/mol. The zero-order valence-corrected chi connectivity index (χ0v) is 11.4. The molecule has 6 heteroatoms. The fourth-order valence-electron chi connectivity index (χ4n) is 1.62. The van der Waals surface area contributed by atoms with E-state index in [2.05, 4.69) is 4.98 Å². The second-order valence-electron chi connectivity index (χ2n) is 4.10. The van der Waals surface area contributed by atoms with Crippen molar-refractivity contribution in [1.29, 1.82) is 0 Å². The van der Waals surface area contributed by atoms with Gasteiger partial charge in [0.2, 0.25) is 5.91 Å². The number of nitrogens with zero attached hydrogens (tertiary/aromatic N) is 2. The predicted molar refractivity (Wildman–Crippen MR) is 73.7 cm³/mol. The number of benzene rings is 1. The first kappa shape index (κ1) is 13.6. The Morgan fingerprint density at radius 2 is 2.11 bits per heavy atom. The maximum Gasteiger partial charge on any atom is 0.248 e. The van der Waals surface area contributed by atoms with Crippen LogP contribution in [0.5, 0.6) is 0 Å². The summed E-state index contributed by atoms with van der Waals surface area (Å²) in [6, 6.07) is 7.19. The van der Waals surface area contributed by atoms with E-state index in [9.17, 15) is 4.79 Å². The van der Waals surface area contributed by atoms with Crippen LogP contribution in [0, 0.1) is 0 Å². The first-order valence-electron chi connectivity index (χ1n) is 5.75. The Balaban J connectivity index is 2.02. The first-order chi connectivity index (χ1) is 9.11. The van der Waals surface area contributed by atoms with E-state index in [1.807, 2.05) is 23.7 Å². The van der Waals surface area contributed by atoms with Crippen molar-refractivity contribution >= 4 is 17.7 Å². The van der Waals surface area contributed by atoms with Crippen molar-refractivity contribution in [3.05, 3.63) is 47.3 Å². The molecule has 0 spiro atoms. The lowest BCUT2D eigenvalue weighted by atomic mass is 10.1. The Morgan fingerprint density at radius 3 is 2.63 bits per heavy atom. The zero-order chi connectivity index (χ0) is 13.8. The lowest BCUT2D eigenvalue weighted by Gasteiger charge is -2.04. The molecule has 0 bridgehead atoms. The molecule has 0 saturated heterocycles. The first-order valence-corrected chi connectivity index (χ1v) is 6.73. The van der Waals surface area contributed by atoms with Crippen LogP contribution in [0.25, 0.3) is 0 Å². The van der Waals surface area contributed by atoms with Crippen molar-refractivity contribution in [1.82, 2.24) is 9.55 Å². The third kappa shape index (κ3) is 3.15. The van der Waals surface area contributed by atoms with Crippen LogP contribution in [0.3, 0.4) is 0 Å². The molecule has 0 unspecified atom stereocenters. The second kappa shape index (κ2) is 5.90. The summed E-state index contributed by atoms with van der Waals surface area (Å²) < 4.78 is 1.86. The molecular formula is C13H15N3O2S. The van der Waals surface area contributed by atoms with Crippen molar-refractivity contribution in [2.24, 2.45) is 12.8 Å². The van der Waals surface area contributed by atoms with Gasteiger partial charge in [0.25, 0.3) is 0 Å². The molecule has 1 amide bonds. The molecule has 2 rings (SSSR count). The van der Waals surface area contributed by atoms with Crippen molar-refractivity contribution in [3.63, 3.8) is 0 Å². The highest BCUT2D eigenvalue weighted by Gasteiger charge is 2.06. The highest BCUT2D eigenvalue weighted by molar-refractivity contribution is 7.98. The maximum atomic E-state index is 11.0. The highest BCUT2D eigenvalue weighted by atomic mass is 32.2. The molecule has 0 atom stereocenters. The summed E-state index contributed by atoms with van der Waals surface area (Å²) >= 11 is 1.58. The van der Waals surface area contributed by atoms with Gasteiger partial charge in [-0.2, -0.15) is 0 Å². The van der Waals surface area contributed by atoms with E-state index in [0.29, 0.717) is 5.56 Å². The topological polar surface area (TPSA) is 81.1 Å². The van der Waals surface area contributed by atoms with E-state index >= 15 is 0 Å². The number of nitrogens with two attached hydrogens (primary N) is 1. The SMILES string of the molecule is Cn1c(CO)cnc1SCc1ccc(C(N)=O)cc1. The summed E-state index contributed by atoms with van der Waals surface area (Å²) in [7, 11) is 1.87. The number of rotatable bonds is 5. The smallest absolute Gasteiger partial charge is 0.248 e. The van der Waals surface area contributed by atoms with Crippen molar-refractivity contribution in [3.8, 4) is 0 Å². The molecule has 5 nitrogen and oxygen atoms in total. The number of carbonyl (C=O) groups is 1. The molecule has 0 aliphatic heterocycles. The van der Waals surface area contributed by atoms with Gasteiger partial charge in [-0.25, -0.2) is 4.98 Å². The Hall–Kier alpha value is -1.79. The normalized spacial score (nSPS) is 10.6. The molecule has 1 aromatic heterocycles. The standard InChI is InChI=1S/C13H15N3O2S/c1-16-11(7-17)6-15-13(16)19-8-9-2-4-10(5-3-9)12(14)18/h2-6,17H,7-8H2,1H3,(H2,14,18). The minimum absolute atomic E-state index is 0.0165. The van der Waals surface area contributed by atoms with Gasteiger partial charge < -0.3 is 15.4 Å². The quantitative estimate of drug-likeness (QED) is 0.807. The van der Waals surface area contributed by atoms with Crippen LogP contribution in [0.2, 0.25) is 0 Å². The Morgan fingerprint density at radius 1 is 1.42 bits per heavy atom. The Bertz CT molecular complexity index is 578. The zero-order valence-electron chi connectivity index (χ0n) is 10.5. The van der Waals surface area contributed by atoms with Crippen molar-refractivity contribution in [2.45, 2.75) is 17.5 Å². The third-order valence-electron chi connectivity index (χ3n) is 2.81. The lowest BCUT2D eigenvalue weighted by molar-refractivity contribution is 0.100. The summed E-state index contributed by atoms with van der Waals surface area (Å²) in [4.78, 5) is 15.2. The van der Waals surface area contributed by atoms with Crippen molar-refractivity contribution in [2.75, 3.05) is 0 Å². The van der Waals surface area contributed by atoms with Gasteiger partial charge in [-0.05, 0) is 17.7 Å². The van der Waals surface area contributed by atoms with E-state index in [4.69, 9.17) is 10.8 Å². The third-order valence-corrected chi connectivity index (χ3v) is 3.93. The summed E-state index contributed by atoms with van der Waals surface area (Å²) in [6.07, 6.45) is 1.67. The van der Waals surface area contributed by atoms with Gasteiger partial charge in [-0.3, -0.25) is 4.79 Å². The minimum atomic E-state index is -0.420. The molecule has 0 aliphatic rings. The summed E-state index contributed by atoms with van der Waals surface area (Å²) in [5, 5.41) is 9.94. The largest absolute Gasteiger partial charge is 0.390 e. The van der Waals surface area contributed by atoms with Crippen LogP contribution in [0.4, 0.5) is 0 Å². The Labute approximate surface area is 115 Å². The van der Waals surface area contributed by atoms with Crippen LogP contribution < -0.4 is 5.73 Å². The molecule has 3 N–H and O–H groups in total. The van der Waals surface area contributed by atoms with Crippen molar-refractivity contribution < 1.29 is 9.90 Å². The van der Waals surface area contributed by atoms with Crippen LogP contribution in [-0.2, 0) is 19.4 Å². The number of imidazole rings is 1. The molecule has 0 radical (unpaired) electrons. The van der Waals surface area contributed by atoms with E-state index < -0.39 is 5.91 Å². The maximum absolute atomic E-state index is 11.0. The number of thioether (sulfide) groups is 1. The van der Waals surface area contributed by atoms with Crippen LogP contribution in [0.15, 0.2) is 35.6 Å². The van der Waals surface area contributed by atoms with E-state index in [1.165, 1.54) is 0 Å². The number of carbonyl (C=O) groups excluding carboxylic acids is 1. The van der Waals surface area contributed by atoms with Gasteiger partial charge in [0.1, 0.15) is 0 Å². The van der Waals surface area contributed by atoms with Crippen LogP contribution >= 0.6 is 11.8 Å². The number of aliphatic hydroxyl groups is 1. The fraction of sp³-hybridized carbons (Fsp3) is 0.231. The van der Waals surface area contributed by atoms with Gasteiger partial charge in [-0.1, -0.05) is 23.9 Å². The summed E-state index contributed by atoms with van der Waals surface area (Å²) in [6.45, 7) is -0.0165. The Kier molecular flexibility index (Phi) is 4.24. The lowest BCUT2D eigenvalue weighted by Crippen LogP contribution is -2.10. The van der Waals surface area contributed by atoms with E-state index in [1.54, 1.807) is 30.1 Å². The molecule has 1 heterocycles. The average Bonchev–Trinajstić information content (AvgIpc) is 2.77. The molecular weight excluding hydrogens is 262 g/mol. The van der Waals surface area contributed by atoms with Gasteiger partial charge in [0.05, 0.1) is 18.5 Å². The number of hydrogen-bond acceptors (Lipinski definition) is 4. The number of aliphatic hydroxyl groups excluding tert-OH is 1. The fourth-order valence-corrected chi connectivity index (χ4v) is 2.55. The summed E-state index contributed by atoms with van der Waals surface area (Å²) in [5.74, 6) is 0.324. The van der Waals surface area contributed by atoms with Gasteiger partial charge in [0, 0.05) is 18.4 Å². The minimum Gasteiger partial charge on any atom is -0.390 e. The number of primary amides is 1. The molecule has 0 saturated carbocycles. The molecule has 1 aromatic carbocycles. The molecule has 2 aromatic rings. The van der Waals surface area contributed by atoms with Gasteiger partial charge in [0.15, 0.2) is 5.16 Å². The molecule has 0 aliphatic carbocycles. The number of amides is 1. The van der Waals surface area contributed by atoms with E-state index in [0.717, 1.165) is 22.2 Å². The number of hydrogen-bond donors (Lipinski definition) is 2. The summed E-state index contributed by atoms with van der Waals surface area (Å²) in [5.41, 5.74) is 7.56. The van der Waals surface area contributed by atoms with Gasteiger partial charge >= 0.3 is 0 Å². The second-order valence-corrected chi connectivity index (χ2v) is 5.04. The van der Waals surface area contributed by atoms with E-state index in [-0.39, 0.29) is 6.61 Å².